The molecule has 8 N–H and O–H groups in total. The predicted molar refractivity (Wildman–Crippen MR) is 244 cm³/mol. The van der Waals surface area contributed by atoms with Crippen LogP contribution in [-0.4, -0.2) is 132 Å². The van der Waals surface area contributed by atoms with Crippen LogP contribution >= 0.6 is 11.3 Å². The lowest BCUT2D eigenvalue weighted by atomic mass is 10.3. The summed E-state index contributed by atoms with van der Waals surface area (Å²) in [6, 6.07) is 4.51. The standard InChI is InChI=1S/C41H54N16O8S/c1-24-46-26(23-66-24)37(61)43-16-12-33(59)49-30-22-56(6)36(51-30)41(65)52-31-10-9-27(57(31)7)38(62)44-17-13-34(60)48-29-21-55(5)35(50-29)40(64)47-25-19-28(54(4)20-25)39(63)45-15-11-32(58)42-14-8-18-53(2)3/h9-10,19-23H,8,11-18H2,1-7H3,(H,42,58)(H,43,61)(H,44,62)(H,45,63)(H,47,64)(H,48,60)(H,49,59)(H,52,65). The number of rotatable bonds is 22. The fourth-order valence-corrected chi connectivity index (χ4v) is 6.88. The number of nitrogens with one attached hydrogen (secondary N) is 8. The number of aryl methyl sites for hydroxylation is 4. The van der Waals surface area contributed by atoms with E-state index in [1.54, 1.807) is 46.7 Å². The van der Waals surface area contributed by atoms with Crippen molar-refractivity contribution in [2.24, 2.45) is 28.2 Å². The van der Waals surface area contributed by atoms with Gasteiger partial charge < -0.3 is 65.7 Å². The lowest BCUT2D eigenvalue weighted by Crippen LogP contribution is -2.32. The molecule has 5 rings (SSSR count). The van der Waals surface area contributed by atoms with Crippen LogP contribution in [0.25, 0.3) is 0 Å². The molecule has 0 aromatic carbocycles. The smallest absolute Gasteiger partial charge is 0.292 e. The van der Waals surface area contributed by atoms with Gasteiger partial charge in [-0.25, -0.2) is 15.0 Å². The monoisotopic (exact) mass is 930 g/mol. The van der Waals surface area contributed by atoms with Crippen molar-refractivity contribution in [2.45, 2.75) is 32.6 Å². The van der Waals surface area contributed by atoms with Gasteiger partial charge in [0.1, 0.15) is 22.9 Å². The summed E-state index contributed by atoms with van der Waals surface area (Å²) in [6.45, 7) is 3.34. The molecule has 0 spiro atoms. The van der Waals surface area contributed by atoms with Crippen LogP contribution in [0, 0.1) is 6.92 Å². The van der Waals surface area contributed by atoms with Gasteiger partial charge in [0.25, 0.3) is 29.5 Å². The maximum atomic E-state index is 13.1. The van der Waals surface area contributed by atoms with Gasteiger partial charge in [0, 0.05) is 97.6 Å². The molecule has 0 atom stereocenters. The highest BCUT2D eigenvalue weighted by Crippen LogP contribution is 2.17. The Morgan fingerprint density at radius 2 is 1.14 bits per heavy atom. The first-order valence-corrected chi connectivity index (χ1v) is 21.6. The fourth-order valence-electron chi connectivity index (χ4n) is 6.29. The largest absolute Gasteiger partial charge is 0.356 e. The molecule has 0 aliphatic heterocycles. The third kappa shape index (κ3) is 13.9. The summed E-state index contributed by atoms with van der Waals surface area (Å²) in [6.07, 6.45) is 5.23. The molecule has 24 nitrogen and oxygen atoms in total. The third-order valence-corrected chi connectivity index (χ3v) is 10.4. The van der Waals surface area contributed by atoms with Crippen molar-refractivity contribution >= 4 is 81.7 Å². The molecule has 0 unspecified atom stereocenters. The van der Waals surface area contributed by atoms with E-state index in [4.69, 9.17) is 0 Å². The van der Waals surface area contributed by atoms with E-state index in [2.05, 4.69) is 57.5 Å². The normalized spacial score (nSPS) is 10.9. The van der Waals surface area contributed by atoms with Crippen LogP contribution in [0.4, 0.5) is 23.1 Å². The molecule has 66 heavy (non-hydrogen) atoms. The average Bonchev–Trinajstić information content (AvgIpc) is 4.09. The number of hydrogen-bond acceptors (Lipinski definition) is 13. The van der Waals surface area contributed by atoms with Gasteiger partial charge in [-0.1, -0.05) is 0 Å². The molecule has 0 radical (unpaired) electrons. The van der Waals surface area contributed by atoms with E-state index in [0.717, 1.165) is 18.0 Å². The van der Waals surface area contributed by atoms with E-state index in [-0.39, 0.29) is 96.9 Å². The van der Waals surface area contributed by atoms with Gasteiger partial charge in [-0.3, -0.25) is 38.4 Å². The molecule has 352 valence electrons. The van der Waals surface area contributed by atoms with E-state index >= 15 is 0 Å². The van der Waals surface area contributed by atoms with Crippen molar-refractivity contribution < 1.29 is 38.4 Å². The van der Waals surface area contributed by atoms with Crippen molar-refractivity contribution in [3.05, 3.63) is 75.9 Å². The minimum atomic E-state index is -0.612. The maximum Gasteiger partial charge on any atom is 0.292 e. The molecule has 0 aliphatic rings. The Hall–Kier alpha value is -7.67. The number of anilines is 4. The summed E-state index contributed by atoms with van der Waals surface area (Å²) < 4.78 is 5.83. The number of aromatic nitrogens is 7. The summed E-state index contributed by atoms with van der Waals surface area (Å²) >= 11 is 1.34. The quantitative estimate of drug-likeness (QED) is 0.0448. The number of carbonyl (C=O) groups is 8. The number of hydrogen-bond donors (Lipinski definition) is 8. The van der Waals surface area contributed by atoms with E-state index < -0.39 is 35.4 Å². The molecular formula is C41H54N16O8S. The van der Waals surface area contributed by atoms with Crippen molar-refractivity contribution in [1.82, 2.24) is 59.4 Å². The molecule has 5 aromatic rings. The highest BCUT2D eigenvalue weighted by atomic mass is 32.1. The van der Waals surface area contributed by atoms with Crippen LogP contribution in [0.15, 0.2) is 42.2 Å². The van der Waals surface area contributed by atoms with Crippen LogP contribution in [0.3, 0.4) is 0 Å². The second-order valence-corrected chi connectivity index (χ2v) is 16.4. The Bertz CT molecular complexity index is 2600. The van der Waals surface area contributed by atoms with Crippen LogP contribution in [0.1, 0.15) is 83.4 Å². The highest BCUT2D eigenvalue weighted by molar-refractivity contribution is 7.09. The van der Waals surface area contributed by atoms with Gasteiger partial charge in [0.15, 0.2) is 11.6 Å². The summed E-state index contributed by atoms with van der Waals surface area (Å²) in [7, 11) is 10.3. The molecule has 5 heterocycles. The molecule has 8 amide bonds. The van der Waals surface area contributed by atoms with Gasteiger partial charge in [0.2, 0.25) is 29.4 Å². The molecule has 0 saturated heterocycles. The van der Waals surface area contributed by atoms with E-state index in [9.17, 15) is 38.4 Å². The van der Waals surface area contributed by atoms with Crippen molar-refractivity contribution in [3.63, 3.8) is 0 Å². The SMILES string of the molecule is Cc1nc(C(=O)NCCC(=O)Nc2cn(C)c(C(=O)Nc3ccc(C(=O)NCCC(=O)Nc4cn(C)c(C(=O)Nc5cc(C(=O)NCCC(=O)NCCCN(C)C)n(C)c5)n4)n3C)n2)cs1. The summed E-state index contributed by atoms with van der Waals surface area (Å²) in [5, 5.41) is 23.8. The molecule has 25 heteroatoms. The molecule has 0 bridgehead atoms. The van der Waals surface area contributed by atoms with Gasteiger partial charge in [0.05, 0.1) is 10.7 Å². The number of nitrogens with zero attached hydrogens (tertiary/aromatic N) is 8. The van der Waals surface area contributed by atoms with Crippen molar-refractivity contribution in [1.29, 1.82) is 0 Å². The Morgan fingerprint density at radius 1 is 0.591 bits per heavy atom. The molecule has 5 aromatic heterocycles. The van der Waals surface area contributed by atoms with Crippen LogP contribution in [-0.2, 0) is 42.6 Å². The van der Waals surface area contributed by atoms with Gasteiger partial charge in [-0.15, -0.1) is 11.3 Å². The van der Waals surface area contributed by atoms with Crippen molar-refractivity contribution in [3.8, 4) is 0 Å². The zero-order valence-corrected chi connectivity index (χ0v) is 38.5. The van der Waals surface area contributed by atoms with Gasteiger partial charge in [-0.05, 0) is 52.2 Å². The Kier molecular flexibility index (Phi) is 17.0. The summed E-state index contributed by atoms with van der Waals surface area (Å²) in [5.74, 6) is -3.16. The first-order chi connectivity index (χ1) is 31.4. The maximum absolute atomic E-state index is 13.1. The molecule has 0 aliphatic carbocycles. The molecular weight excluding hydrogens is 877 g/mol. The van der Waals surface area contributed by atoms with Crippen LogP contribution in [0.5, 0.6) is 0 Å². The lowest BCUT2D eigenvalue weighted by molar-refractivity contribution is -0.121. The molecule has 0 saturated carbocycles. The van der Waals surface area contributed by atoms with E-state index in [1.165, 1.54) is 60.2 Å². The summed E-state index contributed by atoms with van der Waals surface area (Å²) in [5.41, 5.74) is 1.06. The topological polar surface area (TPSA) is 294 Å². The predicted octanol–water partition coefficient (Wildman–Crippen LogP) is 0.805. The zero-order valence-electron chi connectivity index (χ0n) is 37.7. The second kappa shape index (κ2) is 22.8. The zero-order chi connectivity index (χ0) is 48.1. The number of amides is 8. The molecule has 0 fully saturated rings. The first-order valence-electron chi connectivity index (χ1n) is 20.7. The Morgan fingerprint density at radius 3 is 1.70 bits per heavy atom. The Balaban J connectivity index is 1.02. The van der Waals surface area contributed by atoms with E-state index in [1.807, 2.05) is 19.0 Å². The first kappa shape index (κ1) is 49.3. The minimum Gasteiger partial charge on any atom is -0.356 e. The third-order valence-electron chi connectivity index (χ3n) is 9.65. The number of carbonyl (C=O) groups excluding carboxylic acids is 8. The Labute approximate surface area is 383 Å². The average molecular weight is 931 g/mol. The van der Waals surface area contributed by atoms with Gasteiger partial charge in [-0.2, -0.15) is 0 Å². The fraction of sp³-hybridized carbons (Fsp3) is 0.390. The number of imidazole rings is 2. The highest BCUT2D eigenvalue weighted by Gasteiger charge is 2.21. The van der Waals surface area contributed by atoms with Crippen LogP contribution < -0.4 is 42.5 Å². The van der Waals surface area contributed by atoms with E-state index in [0.29, 0.717) is 12.2 Å². The van der Waals surface area contributed by atoms with Crippen LogP contribution in [0.2, 0.25) is 0 Å². The minimum absolute atomic E-state index is 0.0231. The second-order valence-electron chi connectivity index (χ2n) is 15.3. The van der Waals surface area contributed by atoms with Crippen molar-refractivity contribution in [2.75, 3.05) is 68.1 Å². The lowest BCUT2D eigenvalue weighted by Gasteiger charge is -2.10. The summed E-state index contributed by atoms with van der Waals surface area (Å²) in [4.78, 5) is 116. The number of thiazole rings is 1. The van der Waals surface area contributed by atoms with Gasteiger partial charge >= 0.3 is 0 Å².